The second-order valence-corrected chi connectivity index (χ2v) is 5.99. The van der Waals surface area contributed by atoms with Crippen LogP contribution in [-0.2, 0) is 13.7 Å². The standard InChI is InChI=1S/C19H17N7O2/c1-25-11-10-20-18(25)12-28-15-8-6-14(7-9-15)22-19(27)16-4-2-3-5-17(16)26-13-21-23-24-26/h2-11,13H,12H2,1H3,(H,22,27). The predicted molar refractivity (Wildman–Crippen MR) is 101 cm³/mol. The Morgan fingerprint density at radius 3 is 2.68 bits per heavy atom. The lowest BCUT2D eigenvalue weighted by molar-refractivity contribution is 0.102. The average Bonchev–Trinajstić information content (AvgIpc) is 3.39. The first-order valence-corrected chi connectivity index (χ1v) is 8.53. The number of carbonyl (C=O) groups is 1. The van der Waals surface area contributed by atoms with Crippen molar-refractivity contribution < 1.29 is 9.53 Å². The molecule has 4 rings (SSSR count). The maximum atomic E-state index is 12.7. The van der Waals surface area contributed by atoms with Gasteiger partial charge in [-0.05, 0) is 46.8 Å². The molecule has 0 radical (unpaired) electrons. The van der Waals surface area contributed by atoms with E-state index in [4.69, 9.17) is 4.74 Å². The van der Waals surface area contributed by atoms with Crippen molar-refractivity contribution >= 4 is 11.6 Å². The third-order valence-electron chi connectivity index (χ3n) is 4.15. The third kappa shape index (κ3) is 3.73. The molecular weight excluding hydrogens is 358 g/mol. The number of hydrogen-bond donors (Lipinski definition) is 1. The fourth-order valence-electron chi connectivity index (χ4n) is 2.65. The Kier molecular flexibility index (Phi) is 4.79. The Bertz CT molecular complexity index is 1070. The first-order chi connectivity index (χ1) is 13.7. The van der Waals surface area contributed by atoms with Gasteiger partial charge in [0, 0.05) is 25.1 Å². The van der Waals surface area contributed by atoms with Crippen LogP contribution in [0.4, 0.5) is 5.69 Å². The fourth-order valence-corrected chi connectivity index (χ4v) is 2.65. The van der Waals surface area contributed by atoms with Gasteiger partial charge in [-0.25, -0.2) is 4.98 Å². The lowest BCUT2D eigenvalue weighted by Crippen LogP contribution is -2.15. The quantitative estimate of drug-likeness (QED) is 0.555. The second-order valence-electron chi connectivity index (χ2n) is 5.99. The van der Waals surface area contributed by atoms with E-state index in [1.165, 1.54) is 11.0 Å². The van der Waals surface area contributed by atoms with Crippen molar-refractivity contribution in [1.82, 2.24) is 29.8 Å². The first kappa shape index (κ1) is 17.4. The van der Waals surface area contributed by atoms with Crippen LogP contribution < -0.4 is 10.1 Å². The molecule has 0 saturated carbocycles. The van der Waals surface area contributed by atoms with Crippen LogP contribution in [0.15, 0.2) is 67.3 Å². The first-order valence-electron chi connectivity index (χ1n) is 8.53. The summed E-state index contributed by atoms with van der Waals surface area (Å²) in [6, 6.07) is 14.3. The van der Waals surface area contributed by atoms with Crippen LogP contribution in [0.3, 0.4) is 0 Å². The predicted octanol–water partition coefficient (Wildman–Crippen LogP) is 2.23. The highest BCUT2D eigenvalue weighted by Gasteiger charge is 2.13. The van der Waals surface area contributed by atoms with Gasteiger partial charge in [-0.3, -0.25) is 4.79 Å². The molecule has 0 aliphatic rings. The zero-order valence-electron chi connectivity index (χ0n) is 15.1. The van der Waals surface area contributed by atoms with Gasteiger partial charge < -0.3 is 14.6 Å². The van der Waals surface area contributed by atoms with Gasteiger partial charge in [-0.2, -0.15) is 4.68 Å². The molecule has 0 atom stereocenters. The highest BCUT2D eigenvalue weighted by atomic mass is 16.5. The SMILES string of the molecule is Cn1ccnc1COc1ccc(NC(=O)c2ccccc2-n2cnnn2)cc1. The largest absolute Gasteiger partial charge is 0.486 e. The van der Waals surface area contributed by atoms with E-state index < -0.39 is 0 Å². The number of tetrazole rings is 1. The molecule has 0 saturated heterocycles. The minimum atomic E-state index is -0.257. The van der Waals surface area contributed by atoms with Crippen molar-refractivity contribution in [2.75, 3.05) is 5.32 Å². The van der Waals surface area contributed by atoms with E-state index in [-0.39, 0.29) is 5.91 Å². The number of imidazole rings is 1. The maximum absolute atomic E-state index is 12.7. The van der Waals surface area contributed by atoms with E-state index in [0.29, 0.717) is 29.3 Å². The molecule has 0 aliphatic heterocycles. The summed E-state index contributed by atoms with van der Waals surface area (Å²) in [5.41, 5.74) is 1.71. The number of ether oxygens (including phenoxy) is 1. The molecule has 4 aromatic rings. The van der Waals surface area contributed by atoms with Crippen LogP contribution in [0.2, 0.25) is 0 Å². The molecule has 0 spiro atoms. The van der Waals surface area contributed by atoms with Gasteiger partial charge in [-0.1, -0.05) is 12.1 Å². The number of amides is 1. The van der Waals surface area contributed by atoms with Crippen molar-refractivity contribution in [2.45, 2.75) is 6.61 Å². The monoisotopic (exact) mass is 375 g/mol. The average molecular weight is 375 g/mol. The zero-order valence-corrected chi connectivity index (χ0v) is 15.1. The summed E-state index contributed by atoms with van der Waals surface area (Å²) in [5, 5.41) is 14.0. The van der Waals surface area contributed by atoms with E-state index in [2.05, 4.69) is 25.8 Å². The van der Waals surface area contributed by atoms with Gasteiger partial charge in [0.15, 0.2) is 0 Å². The molecule has 28 heavy (non-hydrogen) atoms. The highest BCUT2D eigenvalue weighted by molar-refractivity contribution is 6.06. The molecule has 9 heteroatoms. The third-order valence-corrected chi connectivity index (χ3v) is 4.15. The number of hydrogen-bond acceptors (Lipinski definition) is 6. The van der Waals surface area contributed by atoms with E-state index in [9.17, 15) is 4.79 Å². The van der Waals surface area contributed by atoms with E-state index in [1.807, 2.05) is 23.9 Å². The van der Waals surface area contributed by atoms with Crippen molar-refractivity contribution in [3.63, 3.8) is 0 Å². The Hall–Kier alpha value is -4.01. The number of para-hydroxylation sites is 1. The molecule has 2 aromatic heterocycles. The van der Waals surface area contributed by atoms with Crippen LogP contribution in [0.1, 0.15) is 16.2 Å². The highest BCUT2D eigenvalue weighted by Crippen LogP contribution is 2.19. The van der Waals surface area contributed by atoms with Gasteiger partial charge in [0.1, 0.15) is 24.5 Å². The van der Waals surface area contributed by atoms with Crippen molar-refractivity contribution in [3.05, 3.63) is 78.6 Å². The van der Waals surface area contributed by atoms with E-state index in [1.54, 1.807) is 48.7 Å². The minimum Gasteiger partial charge on any atom is -0.486 e. The molecule has 0 fully saturated rings. The number of nitrogens with one attached hydrogen (secondary N) is 1. The minimum absolute atomic E-state index is 0.257. The normalized spacial score (nSPS) is 10.6. The Balaban J connectivity index is 1.44. The molecule has 1 amide bonds. The van der Waals surface area contributed by atoms with Crippen LogP contribution in [0.5, 0.6) is 5.75 Å². The molecule has 140 valence electrons. The molecule has 2 aromatic carbocycles. The molecule has 0 unspecified atom stereocenters. The summed E-state index contributed by atoms with van der Waals surface area (Å²) in [6.07, 6.45) is 5.04. The van der Waals surface area contributed by atoms with Crippen LogP contribution in [-0.4, -0.2) is 35.7 Å². The maximum Gasteiger partial charge on any atom is 0.257 e. The second kappa shape index (κ2) is 7.70. The smallest absolute Gasteiger partial charge is 0.257 e. The van der Waals surface area contributed by atoms with Gasteiger partial charge in [0.2, 0.25) is 0 Å². The van der Waals surface area contributed by atoms with Gasteiger partial charge >= 0.3 is 0 Å². The number of aromatic nitrogens is 6. The number of nitrogens with zero attached hydrogens (tertiary/aromatic N) is 6. The summed E-state index contributed by atoms with van der Waals surface area (Å²) < 4.78 is 9.07. The topological polar surface area (TPSA) is 99.8 Å². The number of anilines is 1. The Labute approximate surface area is 160 Å². The molecule has 2 heterocycles. The molecule has 9 nitrogen and oxygen atoms in total. The van der Waals surface area contributed by atoms with Gasteiger partial charge in [-0.15, -0.1) is 5.10 Å². The summed E-state index contributed by atoms with van der Waals surface area (Å²) in [4.78, 5) is 16.9. The number of carbonyl (C=O) groups excluding carboxylic acids is 1. The van der Waals surface area contributed by atoms with Gasteiger partial charge in [0.25, 0.3) is 5.91 Å². The lowest BCUT2D eigenvalue weighted by atomic mass is 10.1. The summed E-state index contributed by atoms with van der Waals surface area (Å²) >= 11 is 0. The van der Waals surface area contributed by atoms with Crippen molar-refractivity contribution in [3.8, 4) is 11.4 Å². The summed E-state index contributed by atoms with van der Waals surface area (Å²) in [6.45, 7) is 0.370. The van der Waals surface area contributed by atoms with Crippen molar-refractivity contribution in [2.24, 2.45) is 7.05 Å². The molecule has 0 aliphatic carbocycles. The van der Waals surface area contributed by atoms with Crippen LogP contribution >= 0.6 is 0 Å². The van der Waals surface area contributed by atoms with E-state index in [0.717, 1.165) is 5.82 Å². The summed E-state index contributed by atoms with van der Waals surface area (Å²) in [5.74, 6) is 1.26. The Morgan fingerprint density at radius 2 is 1.96 bits per heavy atom. The molecular formula is C19H17N7O2. The fraction of sp³-hybridized carbons (Fsp3) is 0.105. The number of benzene rings is 2. The zero-order chi connectivity index (χ0) is 19.3. The molecule has 1 N–H and O–H groups in total. The Morgan fingerprint density at radius 1 is 1.14 bits per heavy atom. The molecule has 0 bridgehead atoms. The summed E-state index contributed by atoms with van der Waals surface area (Å²) in [7, 11) is 1.91. The van der Waals surface area contributed by atoms with Crippen LogP contribution in [0.25, 0.3) is 5.69 Å². The van der Waals surface area contributed by atoms with Crippen molar-refractivity contribution in [1.29, 1.82) is 0 Å². The number of aryl methyl sites for hydroxylation is 1. The lowest BCUT2D eigenvalue weighted by Gasteiger charge is -2.10. The van der Waals surface area contributed by atoms with Gasteiger partial charge in [0.05, 0.1) is 11.3 Å². The van der Waals surface area contributed by atoms with Crippen LogP contribution in [0, 0.1) is 0 Å². The van der Waals surface area contributed by atoms with E-state index >= 15 is 0 Å². The number of rotatable bonds is 6.